The predicted octanol–water partition coefficient (Wildman–Crippen LogP) is 4.05. The highest BCUT2D eigenvalue weighted by atomic mass is 19.1. The number of para-hydroxylation sites is 2. The monoisotopic (exact) mass is 384 g/mol. The number of hydrogen-bond acceptors (Lipinski definition) is 3. The summed E-state index contributed by atoms with van der Waals surface area (Å²) in [5.74, 6) is -2.34. The predicted molar refractivity (Wildman–Crippen MR) is 104 cm³/mol. The maximum atomic E-state index is 14.0. The van der Waals surface area contributed by atoms with E-state index in [-0.39, 0.29) is 0 Å². The molecule has 146 valence electrons. The van der Waals surface area contributed by atoms with Gasteiger partial charge in [-0.05, 0) is 50.2 Å². The van der Waals surface area contributed by atoms with Gasteiger partial charge in [0.05, 0.1) is 11.0 Å². The van der Waals surface area contributed by atoms with E-state index in [0.717, 1.165) is 42.8 Å². The largest absolute Gasteiger partial charge is 0.309 e. The number of likely N-dealkylation sites (tertiary alicyclic amines) is 1. The number of nitrogens with one attached hydrogen (secondary N) is 1. The number of carbonyl (C=O) groups excluding carboxylic acids is 1. The van der Waals surface area contributed by atoms with Crippen LogP contribution in [0.25, 0.3) is 11.0 Å². The molecule has 1 aromatic heterocycles. The van der Waals surface area contributed by atoms with E-state index in [2.05, 4.69) is 15.2 Å². The Labute approximate surface area is 162 Å². The number of piperidine rings is 1. The summed E-state index contributed by atoms with van der Waals surface area (Å²) in [5, 5.41) is 2.60. The lowest BCUT2D eigenvalue weighted by Crippen LogP contribution is -2.33. The Morgan fingerprint density at radius 2 is 1.68 bits per heavy atom. The van der Waals surface area contributed by atoms with Crippen LogP contribution in [0.5, 0.6) is 0 Å². The van der Waals surface area contributed by atoms with E-state index in [1.165, 1.54) is 25.3 Å². The number of imidazole rings is 1. The van der Waals surface area contributed by atoms with Crippen LogP contribution in [-0.4, -0.2) is 40.0 Å². The summed E-state index contributed by atoms with van der Waals surface area (Å²) in [6, 6.07) is 10.9. The third-order valence-electron chi connectivity index (χ3n) is 5.16. The first-order chi connectivity index (χ1) is 13.6. The van der Waals surface area contributed by atoms with Crippen molar-refractivity contribution in [1.82, 2.24) is 14.5 Å². The van der Waals surface area contributed by atoms with Crippen molar-refractivity contribution in [2.75, 3.05) is 25.0 Å². The normalized spacial score (nSPS) is 15.1. The Kier molecular flexibility index (Phi) is 5.34. The third kappa shape index (κ3) is 3.75. The second-order valence-electron chi connectivity index (χ2n) is 7.03. The molecule has 0 aliphatic carbocycles. The van der Waals surface area contributed by atoms with Gasteiger partial charge in [-0.2, -0.15) is 0 Å². The van der Waals surface area contributed by atoms with E-state index in [1.54, 1.807) is 0 Å². The second kappa shape index (κ2) is 8.06. The summed E-state index contributed by atoms with van der Waals surface area (Å²) in [7, 11) is 0. The van der Waals surface area contributed by atoms with Crippen LogP contribution in [0.4, 0.5) is 14.7 Å². The Morgan fingerprint density at radius 1 is 0.964 bits per heavy atom. The molecule has 28 heavy (non-hydrogen) atoms. The van der Waals surface area contributed by atoms with E-state index in [0.29, 0.717) is 12.5 Å². The lowest BCUT2D eigenvalue weighted by Gasteiger charge is -2.26. The fraction of sp³-hybridized carbons (Fsp3) is 0.333. The van der Waals surface area contributed by atoms with Gasteiger partial charge in [-0.15, -0.1) is 0 Å². The molecule has 1 fully saturated rings. The van der Waals surface area contributed by atoms with E-state index < -0.39 is 23.1 Å². The standard InChI is InChI=1S/C21H22F2N4O/c22-15-7-6-8-16(23)19(15)20(28)25-21-24-17-9-2-3-10-18(17)27(21)14-13-26-11-4-1-5-12-26/h2-3,6-10H,1,4-5,11-14H2,(H,24,25,28). The Hall–Kier alpha value is -2.80. The molecule has 0 spiro atoms. The van der Waals surface area contributed by atoms with Gasteiger partial charge in [0.25, 0.3) is 5.91 Å². The van der Waals surface area contributed by atoms with Crippen LogP contribution in [0, 0.1) is 11.6 Å². The highest BCUT2D eigenvalue weighted by Crippen LogP contribution is 2.22. The lowest BCUT2D eigenvalue weighted by atomic mass is 10.1. The lowest BCUT2D eigenvalue weighted by molar-refractivity contribution is 0.101. The van der Waals surface area contributed by atoms with Gasteiger partial charge in [0, 0.05) is 13.1 Å². The highest BCUT2D eigenvalue weighted by Gasteiger charge is 2.20. The number of fused-ring (bicyclic) bond motifs is 1. The Morgan fingerprint density at radius 3 is 2.43 bits per heavy atom. The van der Waals surface area contributed by atoms with Gasteiger partial charge in [0.1, 0.15) is 17.2 Å². The van der Waals surface area contributed by atoms with Crippen molar-refractivity contribution >= 4 is 22.9 Å². The van der Waals surface area contributed by atoms with Crippen LogP contribution in [0.3, 0.4) is 0 Å². The van der Waals surface area contributed by atoms with Crippen molar-refractivity contribution in [3.8, 4) is 0 Å². The maximum Gasteiger partial charge on any atom is 0.263 e. The van der Waals surface area contributed by atoms with Crippen LogP contribution in [0.15, 0.2) is 42.5 Å². The van der Waals surface area contributed by atoms with E-state index in [9.17, 15) is 13.6 Å². The number of carbonyl (C=O) groups is 1. The second-order valence-corrected chi connectivity index (χ2v) is 7.03. The van der Waals surface area contributed by atoms with Crippen LogP contribution in [0.1, 0.15) is 29.6 Å². The summed E-state index contributed by atoms with van der Waals surface area (Å²) in [5.41, 5.74) is 1.01. The zero-order chi connectivity index (χ0) is 19.5. The summed E-state index contributed by atoms with van der Waals surface area (Å²) in [6.07, 6.45) is 3.65. The fourth-order valence-corrected chi connectivity index (χ4v) is 3.70. The van der Waals surface area contributed by atoms with Crippen LogP contribution in [0.2, 0.25) is 0 Å². The molecule has 3 aromatic rings. The number of aromatic nitrogens is 2. The Balaban J connectivity index is 1.61. The van der Waals surface area contributed by atoms with E-state index in [4.69, 9.17) is 0 Å². The molecule has 1 aliphatic heterocycles. The highest BCUT2D eigenvalue weighted by molar-refractivity contribution is 6.04. The fourth-order valence-electron chi connectivity index (χ4n) is 3.70. The smallest absolute Gasteiger partial charge is 0.263 e. The number of anilines is 1. The molecule has 0 saturated carbocycles. The molecule has 1 amide bonds. The van der Waals surface area contributed by atoms with Gasteiger partial charge in [-0.25, -0.2) is 13.8 Å². The molecule has 0 bridgehead atoms. The SMILES string of the molecule is O=C(Nc1nc2ccccc2n1CCN1CCCCC1)c1c(F)cccc1F. The number of halogens is 2. The zero-order valence-corrected chi connectivity index (χ0v) is 15.5. The average Bonchev–Trinajstić information content (AvgIpc) is 3.04. The van der Waals surface area contributed by atoms with Crippen molar-refractivity contribution in [1.29, 1.82) is 0 Å². The molecule has 0 unspecified atom stereocenters. The molecule has 0 atom stereocenters. The molecule has 0 radical (unpaired) electrons. The molecule has 7 heteroatoms. The first-order valence-electron chi connectivity index (χ1n) is 9.56. The number of benzene rings is 2. The molecule has 1 N–H and O–H groups in total. The molecular weight excluding hydrogens is 362 g/mol. The van der Waals surface area contributed by atoms with Crippen molar-refractivity contribution in [2.24, 2.45) is 0 Å². The minimum Gasteiger partial charge on any atom is -0.309 e. The molecule has 5 nitrogen and oxygen atoms in total. The van der Waals surface area contributed by atoms with Gasteiger partial charge in [0.2, 0.25) is 5.95 Å². The number of hydrogen-bond donors (Lipinski definition) is 1. The first kappa shape index (κ1) is 18.6. The maximum absolute atomic E-state index is 14.0. The topological polar surface area (TPSA) is 50.2 Å². The van der Waals surface area contributed by atoms with Crippen molar-refractivity contribution in [2.45, 2.75) is 25.8 Å². The average molecular weight is 384 g/mol. The molecule has 2 heterocycles. The number of amides is 1. The number of rotatable bonds is 5. The minimum absolute atomic E-state index is 0.297. The molecular formula is C21H22F2N4O. The molecule has 4 rings (SSSR count). The zero-order valence-electron chi connectivity index (χ0n) is 15.5. The van der Waals surface area contributed by atoms with Gasteiger partial charge in [-0.1, -0.05) is 24.6 Å². The Bertz CT molecular complexity index is 975. The molecule has 2 aromatic carbocycles. The summed E-state index contributed by atoms with van der Waals surface area (Å²) in [4.78, 5) is 19.4. The number of nitrogens with zero attached hydrogens (tertiary/aromatic N) is 3. The van der Waals surface area contributed by atoms with Crippen molar-refractivity contribution in [3.63, 3.8) is 0 Å². The van der Waals surface area contributed by atoms with Gasteiger partial charge >= 0.3 is 0 Å². The van der Waals surface area contributed by atoms with Crippen molar-refractivity contribution < 1.29 is 13.6 Å². The van der Waals surface area contributed by atoms with E-state index in [1.807, 2.05) is 28.8 Å². The van der Waals surface area contributed by atoms with E-state index >= 15 is 0 Å². The van der Waals surface area contributed by atoms with Crippen molar-refractivity contribution in [3.05, 3.63) is 59.7 Å². The van der Waals surface area contributed by atoms with Gasteiger partial charge in [0.15, 0.2) is 0 Å². The third-order valence-corrected chi connectivity index (χ3v) is 5.16. The van der Waals surface area contributed by atoms with Crippen LogP contribution >= 0.6 is 0 Å². The summed E-state index contributed by atoms with van der Waals surface area (Å²) >= 11 is 0. The van der Waals surface area contributed by atoms with Gasteiger partial charge < -0.3 is 9.47 Å². The van der Waals surface area contributed by atoms with Crippen LogP contribution < -0.4 is 5.32 Å². The quantitative estimate of drug-likeness (QED) is 0.722. The molecule has 1 aliphatic rings. The summed E-state index contributed by atoms with van der Waals surface area (Å²) < 4.78 is 29.8. The van der Waals surface area contributed by atoms with Crippen LogP contribution in [-0.2, 0) is 6.54 Å². The first-order valence-corrected chi connectivity index (χ1v) is 9.56. The molecule has 1 saturated heterocycles. The van der Waals surface area contributed by atoms with Gasteiger partial charge in [-0.3, -0.25) is 10.1 Å². The summed E-state index contributed by atoms with van der Waals surface area (Å²) in [6.45, 7) is 3.59. The minimum atomic E-state index is -0.895.